The number of carbonyl (C=O) groups is 1. The fraction of sp³-hybridized carbons (Fsp3) is 0.909. The third kappa shape index (κ3) is 2.49. The maximum atomic E-state index is 10.9. The molecule has 15 heavy (non-hydrogen) atoms. The second kappa shape index (κ2) is 4.49. The van der Waals surface area contributed by atoms with Crippen molar-refractivity contribution in [3.8, 4) is 0 Å². The Kier molecular flexibility index (Phi) is 3.26. The summed E-state index contributed by atoms with van der Waals surface area (Å²) in [6, 6.07) is -0.495. The number of nitrogens with two attached hydrogens (primary N) is 2. The lowest BCUT2D eigenvalue weighted by Crippen LogP contribution is -2.45. The molecule has 1 saturated carbocycles. The second-order valence-corrected chi connectivity index (χ2v) is 5.03. The molecule has 2 aliphatic rings. The molecule has 0 radical (unpaired) electrons. The van der Waals surface area contributed by atoms with Gasteiger partial charge in [-0.1, -0.05) is 12.8 Å². The lowest BCUT2D eigenvalue weighted by molar-refractivity contribution is -0.119. The summed E-state index contributed by atoms with van der Waals surface area (Å²) in [5.74, 6) is 1.31. The summed E-state index contributed by atoms with van der Waals surface area (Å²) < 4.78 is 0. The van der Waals surface area contributed by atoms with Crippen LogP contribution in [0, 0.1) is 11.8 Å². The number of amides is 1. The third-order valence-electron chi connectivity index (χ3n) is 3.87. The monoisotopic (exact) mass is 211 g/mol. The molecular weight excluding hydrogens is 190 g/mol. The standard InChI is InChI=1S/C11H21N3O/c12-10(11(13)15)7-14-5-8-3-1-2-4-9(8)6-14/h8-10H,1-7,12H2,(H2,13,15). The van der Waals surface area contributed by atoms with E-state index in [1.165, 1.54) is 25.7 Å². The minimum Gasteiger partial charge on any atom is -0.368 e. The van der Waals surface area contributed by atoms with Crippen LogP contribution in [0.25, 0.3) is 0 Å². The van der Waals surface area contributed by atoms with Gasteiger partial charge in [-0.3, -0.25) is 4.79 Å². The summed E-state index contributed by atoms with van der Waals surface area (Å²) in [4.78, 5) is 13.2. The zero-order valence-electron chi connectivity index (χ0n) is 9.19. The van der Waals surface area contributed by atoms with Gasteiger partial charge in [0.25, 0.3) is 0 Å². The fourth-order valence-corrected chi connectivity index (χ4v) is 3.02. The summed E-state index contributed by atoms with van der Waals surface area (Å²) >= 11 is 0. The molecule has 1 amide bonds. The van der Waals surface area contributed by atoms with Gasteiger partial charge in [0.2, 0.25) is 5.91 Å². The van der Waals surface area contributed by atoms with Crippen LogP contribution in [0.1, 0.15) is 25.7 Å². The first-order valence-corrected chi connectivity index (χ1v) is 5.94. The number of carbonyl (C=O) groups excluding carboxylic acids is 1. The molecule has 1 aliphatic carbocycles. The van der Waals surface area contributed by atoms with E-state index in [0.29, 0.717) is 6.54 Å². The van der Waals surface area contributed by atoms with Crippen LogP contribution in [0.2, 0.25) is 0 Å². The van der Waals surface area contributed by atoms with Crippen molar-refractivity contribution in [1.29, 1.82) is 0 Å². The fourth-order valence-electron chi connectivity index (χ4n) is 3.02. The zero-order chi connectivity index (χ0) is 10.8. The molecule has 86 valence electrons. The van der Waals surface area contributed by atoms with Crippen molar-refractivity contribution in [3.05, 3.63) is 0 Å². The molecule has 2 rings (SSSR count). The number of likely N-dealkylation sites (tertiary alicyclic amines) is 1. The summed E-state index contributed by atoms with van der Waals surface area (Å²) in [5.41, 5.74) is 10.8. The van der Waals surface area contributed by atoms with Crippen LogP contribution in [0.5, 0.6) is 0 Å². The van der Waals surface area contributed by atoms with E-state index in [-0.39, 0.29) is 5.91 Å². The first-order chi connectivity index (χ1) is 7.16. The highest BCUT2D eigenvalue weighted by Crippen LogP contribution is 2.35. The number of hydrogen-bond acceptors (Lipinski definition) is 3. The number of nitrogens with zero attached hydrogens (tertiary/aromatic N) is 1. The minimum absolute atomic E-state index is 0.384. The van der Waals surface area contributed by atoms with Crippen molar-refractivity contribution < 1.29 is 4.79 Å². The van der Waals surface area contributed by atoms with E-state index in [9.17, 15) is 4.79 Å². The van der Waals surface area contributed by atoms with Gasteiger partial charge >= 0.3 is 0 Å². The quantitative estimate of drug-likeness (QED) is 0.686. The van der Waals surface area contributed by atoms with E-state index in [0.717, 1.165) is 24.9 Å². The second-order valence-electron chi connectivity index (χ2n) is 5.03. The summed E-state index contributed by atoms with van der Waals surface area (Å²) in [5, 5.41) is 0. The largest absolute Gasteiger partial charge is 0.368 e. The highest BCUT2D eigenvalue weighted by Gasteiger charge is 2.34. The van der Waals surface area contributed by atoms with E-state index >= 15 is 0 Å². The predicted octanol–water partition coefficient (Wildman–Crippen LogP) is -0.0790. The average molecular weight is 211 g/mol. The summed E-state index contributed by atoms with van der Waals surface area (Å²) in [7, 11) is 0. The SMILES string of the molecule is NC(=O)C(N)CN1CC2CCCCC2C1. The molecule has 1 aliphatic heterocycles. The van der Waals surface area contributed by atoms with Gasteiger partial charge in [-0.15, -0.1) is 0 Å². The highest BCUT2D eigenvalue weighted by molar-refractivity contribution is 5.79. The van der Waals surface area contributed by atoms with Crippen molar-refractivity contribution in [3.63, 3.8) is 0 Å². The first-order valence-electron chi connectivity index (χ1n) is 5.94. The number of hydrogen-bond donors (Lipinski definition) is 2. The van der Waals surface area contributed by atoms with Crippen LogP contribution in [0.4, 0.5) is 0 Å². The molecule has 4 heteroatoms. The lowest BCUT2D eigenvalue weighted by Gasteiger charge is -2.23. The van der Waals surface area contributed by atoms with Crippen molar-refractivity contribution in [1.82, 2.24) is 4.90 Å². The van der Waals surface area contributed by atoms with Crippen molar-refractivity contribution in [2.45, 2.75) is 31.7 Å². The predicted molar refractivity (Wildman–Crippen MR) is 59.1 cm³/mol. The number of rotatable bonds is 3. The Bertz CT molecular complexity index is 230. The van der Waals surface area contributed by atoms with Crippen molar-refractivity contribution in [2.75, 3.05) is 19.6 Å². The van der Waals surface area contributed by atoms with E-state index in [1.54, 1.807) is 0 Å². The Morgan fingerprint density at radius 1 is 1.27 bits per heavy atom. The normalized spacial score (nSPS) is 33.7. The molecule has 3 atom stereocenters. The molecule has 2 fully saturated rings. The van der Waals surface area contributed by atoms with Gasteiger partial charge in [-0.2, -0.15) is 0 Å². The molecule has 0 bridgehead atoms. The Balaban J connectivity index is 1.83. The van der Waals surface area contributed by atoms with Gasteiger partial charge < -0.3 is 16.4 Å². The minimum atomic E-state index is -0.495. The summed E-state index contributed by atoms with van der Waals surface area (Å²) in [6.45, 7) is 2.87. The molecule has 1 saturated heterocycles. The smallest absolute Gasteiger partial charge is 0.235 e. The summed E-state index contributed by atoms with van der Waals surface area (Å²) in [6.07, 6.45) is 5.45. The Morgan fingerprint density at radius 2 is 1.80 bits per heavy atom. The van der Waals surface area contributed by atoms with Crippen LogP contribution in [0.3, 0.4) is 0 Å². The van der Waals surface area contributed by atoms with Gasteiger partial charge in [0, 0.05) is 19.6 Å². The zero-order valence-corrected chi connectivity index (χ0v) is 9.19. The Labute approximate surface area is 91.0 Å². The van der Waals surface area contributed by atoms with Crippen LogP contribution in [-0.2, 0) is 4.79 Å². The molecule has 0 spiro atoms. The third-order valence-corrected chi connectivity index (χ3v) is 3.87. The molecule has 4 N–H and O–H groups in total. The van der Waals surface area contributed by atoms with Gasteiger partial charge in [0.15, 0.2) is 0 Å². The van der Waals surface area contributed by atoms with Crippen molar-refractivity contribution in [2.24, 2.45) is 23.3 Å². The average Bonchev–Trinajstić information content (AvgIpc) is 2.59. The van der Waals surface area contributed by atoms with E-state index in [4.69, 9.17) is 11.5 Å². The van der Waals surface area contributed by atoms with Gasteiger partial charge in [-0.05, 0) is 24.7 Å². The lowest BCUT2D eigenvalue weighted by atomic mass is 9.82. The molecule has 0 aromatic heterocycles. The molecule has 1 heterocycles. The highest BCUT2D eigenvalue weighted by atomic mass is 16.1. The first kappa shape index (κ1) is 10.9. The number of primary amides is 1. The Hall–Kier alpha value is -0.610. The molecule has 0 aromatic carbocycles. The molecule has 4 nitrogen and oxygen atoms in total. The van der Waals surface area contributed by atoms with Crippen LogP contribution in [-0.4, -0.2) is 36.5 Å². The van der Waals surface area contributed by atoms with Crippen LogP contribution in [0.15, 0.2) is 0 Å². The van der Waals surface area contributed by atoms with E-state index in [1.807, 2.05) is 0 Å². The Morgan fingerprint density at radius 3 is 2.27 bits per heavy atom. The number of fused-ring (bicyclic) bond motifs is 1. The van der Waals surface area contributed by atoms with Gasteiger partial charge in [0.05, 0.1) is 6.04 Å². The molecule has 0 aromatic rings. The maximum Gasteiger partial charge on any atom is 0.235 e. The van der Waals surface area contributed by atoms with E-state index < -0.39 is 6.04 Å². The van der Waals surface area contributed by atoms with E-state index in [2.05, 4.69) is 4.90 Å². The van der Waals surface area contributed by atoms with Crippen molar-refractivity contribution >= 4 is 5.91 Å². The topological polar surface area (TPSA) is 72.3 Å². The van der Waals surface area contributed by atoms with Gasteiger partial charge in [-0.25, -0.2) is 0 Å². The van der Waals surface area contributed by atoms with Crippen LogP contribution >= 0.6 is 0 Å². The molecule has 3 unspecified atom stereocenters. The van der Waals surface area contributed by atoms with Gasteiger partial charge in [0.1, 0.15) is 0 Å². The van der Waals surface area contributed by atoms with Crippen LogP contribution < -0.4 is 11.5 Å². The maximum absolute atomic E-state index is 10.9. The molecular formula is C11H21N3O.